The molecule has 0 heterocycles. The smallest absolute Gasteiger partial charge is 0.119 e. The standard InChI is InChI=1S/C14H24N2O2/c1-11(2)16(7-8-17)14(10-15)12-5-4-6-13(9-12)18-3/h4-6,9,11,14,17H,7-8,10,15H2,1-3H3. The van der Waals surface area contributed by atoms with Crippen LogP contribution < -0.4 is 10.5 Å². The molecule has 0 aliphatic carbocycles. The van der Waals surface area contributed by atoms with Crippen molar-refractivity contribution < 1.29 is 9.84 Å². The van der Waals surface area contributed by atoms with Crippen LogP contribution in [0.3, 0.4) is 0 Å². The molecule has 0 saturated heterocycles. The molecule has 1 rings (SSSR count). The summed E-state index contributed by atoms with van der Waals surface area (Å²) in [5.74, 6) is 0.832. The minimum Gasteiger partial charge on any atom is -0.497 e. The van der Waals surface area contributed by atoms with E-state index in [9.17, 15) is 5.11 Å². The van der Waals surface area contributed by atoms with E-state index in [1.54, 1.807) is 7.11 Å². The minimum absolute atomic E-state index is 0.104. The van der Waals surface area contributed by atoms with Gasteiger partial charge >= 0.3 is 0 Å². The Morgan fingerprint density at radius 1 is 1.39 bits per heavy atom. The molecule has 18 heavy (non-hydrogen) atoms. The van der Waals surface area contributed by atoms with Gasteiger partial charge in [-0.3, -0.25) is 4.90 Å². The fourth-order valence-corrected chi connectivity index (χ4v) is 2.20. The first-order chi connectivity index (χ1) is 8.63. The van der Waals surface area contributed by atoms with Gasteiger partial charge < -0.3 is 15.6 Å². The normalized spacial score (nSPS) is 13.1. The molecule has 4 heteroatoms. The molecule has 0 bridgehead atoms. The topological polar surface area (TPSA) is 58.7 Å². The average Bonchev–Trinajstić information content (AvgIpc) is 2.38. The maximum absolute atomic E-state index is 9.17. The van der Waals surface area contributed by atoms with Gasteiger partial charge in [-0.2, -0.15) is 0 Å². The van der Waals surface area contributed by atoms with Crippen LogP contribution in [0.15, 0.2) is 24.3 Å². The molecule has 4 nitrogen and oxygen atoms in total. The van der Waals surface area contributed by atoms with Crippen LogP contribution in [0.4, 0.5) is 0 Å². The molecule has 0 amide bonds. The van der Waals surface area contributed by atoms with Crippen LogP contribution in [0, 0.1) is 0 Å². The number of hydrogen-bond donors (Lipinski definition) is 2. The van der Waals surface area contributed by atoms with E-state index in [1.165, 1.54) is 0 Å². The second kappa shape index (κ2) is 7.36. The molecule has 0 fully saturated rings. The maximum Gasteiger partial charge on any atom is 0.119 e. The number of rotatable bonds is 7. The van der Waals surface area contributed by atoms with Crippen LogP contribution in [-0.2, 0) is 0 Å². The zero-order valence-corrected chi connectivity index (χ0v) is 11.5. The number of benzene rings is 1. The number of aliphatic hydroxyl groups excluding tert-OH is 1. The SMILES string of the molecule is COc1cccc(C(CN)N(CCO)C(C)C)c1. The van der Waals surface area contributed by atoms with Gasteiger partial charge in [-0.15, -0.1) is 0 Å². The quantitative estimate of drug-likeness (QED) is 0.770. The monoisotopic (exact) mass is 252 g/mol. The van der Waals surface area contributed by atoms with E-state index in [1.807, 2.05) is 24.3 Å². The van der Waals surface area contributed by atoms with Crippen LogP contribution in [0.5, 0.6) is 5.75 Å². The molecule has 1 aromatic carbocycles. The molecule has 0 aliphatic heterocycles. The summed E-state index contributed by atoms with van der Waals surface area (Å²) in [4.78, 5) is 2.20. The number of nitrogens with two attached hydrogens (primary N) is 1. The first-order valence-electron chi connectivity index (χ1n) is 6.34. The Hall–Kier alpha value is -1.10. The van der Waals surface area contributed by atoms with Gasteiger partial charge in [0, 0.05) is 25.2 Å². The zero-order valence-electron chi connectivity index (χ0n) is 11.5. The molecule has 3 N–H and O–H groups in total. The van der Waals surface area contributed by atoms with Crippen molar-refractivity contribution in [1.29, 1.82) is 0 Å². The third kappa shape index (κ3) is 3.70. The molecule has 0 aromatic heterocycles. The second-order valence-electron chi connectivity index (χ2n) is 4.58. The van der Waals surface area contributed by atoms with Crippen molar-refractivity contribution in [3.63, 3.8) is 0 Å². The Morgan fingerprint density at radius 2 is 2.11 bits per heavy atom. The highest BCUT2D eigenvalue weighted by atomic mass is 16.5. The van der Waals surface area contributed by atoms with E-state index < -0.39 is 0 Å². The molecular weight excluding hydrogens is 228 g/mol. The van der Waals surface area contributed by atoms with Crippen molar-refractivity contribution in [3.8, 4) is 5.75 Å². The van der Waals surface area contributed by atoms with Gasteiger partial charge in [0.1, 0.15) is 5.75 Å². The van der Waals surface area contributed by atoms with Crippen LogP contribution in [0.25, 0.3) is 0 Å². The summed E-state index contributed by atoms with van der Waals surface area (Å²) < 4.78 is 5.24. The summed E-state index contributed by atoms with van der Waals surface area (Å²) in [6.07, 6.45) is 0. The highest BCUT2D eigenvalue weighted by Gasteiger charge is 2.21. The molecule has 102 valence electrons. The highest BCUT2D eigenvalue weighted by Crippen LogP contribution is 2.24. The Balaban J connectivity index is 2.98. The van der Waals surface area contributed by atoms with E-state index >= 15 is 0 Å². The summed E-state index contributed by atoms with van der Waals surface area (Å²) in [5.41, 5.74) is 7.03. The molecule has 0 saturated carbocycles. The number of methoxy groups -OCH3 is 1. The van der Waals surface area contributed by atoms with Crippen LogP contribution in [0.1, 0.15) is 25.5 Å². The van der Waals surface area contributed by atoms with Crippen molar-refractivity contribution >= 4 is 0 Å². The van der Waals surface area contributed by atoms with Gasteiger partial charge in [-0.1, -0.05) is 12.1 Å². The molecule has 0 aliphatic rings. The van der Waals surface area contributed by atoms with E-state index in [0.29, 0.717) is 19.1 Å². The number of nitrogens with zero attached hydrogens (tertiary/aromatic N) is 1. The van der Waals surface area contributed by atoms with Crippen molar-refractivity contribution in [1.82, 2.24) is 4.90 Å². The van der Waals surface area contributed by atoms with E-state index in [0.717, 1.165) is 11.3 Å². The average molecular weight is 252 g/mol. The summed E-state index contributed by atoms with van der Waals surface area (Å²) in [6, 6.07) is 8.37. The highest BCUT2D eigenvalue weighted by molar-refractivity contribution is 5.30. The molecule has 1 unspecified atom stereocenters. The first-order valence-corrected chi connectivity index (χ1v) is 6.34. The lowest BCUT2D eigenvalue weighted by atomic mass is 10.0. The Kier molecular flexibility index (Phi) is 6.12. The predicted octanol–water partition coefficient (Wildman–Crippen LogP) is 1.40. The largest absolute Gasteiger partial charge is 0.497 e. The van der Waals surface area contributed by atoms with Crippen molar-refractivity contribution in [2.24, 2.45) is 5.73 Å². The fourth-order valence-electron chi connectivity index (χ4n) is 2.20. The molecule has 0 spiro atoms. The van der Waals surface area contributed by atoms with E-state index in [2.05, 4.69) is 18.7 Å². The lowest BCUT2D eigenvalue weighted by molar-refractivity contribution is 0.121. The van der Waals surface area contributed by atoms with Crippen molar-refractivity contribution in [2.75, 3.05) is 26.8 Å². The third-order valence-corrected chi connectivity index (χ3v) is 3.12. The Bertz CT molecular complexity index is 355. The van der Waals surface area contributed by atoms with Crippen molar-refractivity contribution in [2.45, 2.75) is 25.9 Å². The molecule has 1 aromatic rings. The maximum atomic E-state index is 9.17. The zero-order chi connectivity index (χ0) is 13.5. The van der Waals surface area contributed by atoms with E-state index in [4.69, 9.17) is 10.5 Å². The van der Waals surface area contributed by atoms with Gasteiger partial charge in [0.15, 0.2) is 0 Å². The van der Waals surface area contributed by atoms with Crippen LogP contribution in [0.2, 0.25) is 0 Å². The summed E-state index contributed by atoms with van der Waals surface area (Å²) in [6.45, 7) is 5.50. The third-order valence-electron chi connectivity index (χ3n) is 3.12. The number of aliphatic hydroxyl groups is 1. The lowest BCUT2D eigenvalue weighted by Gasteiger charge is -2.34. The number of hydrogen-bond acceptors (Lipinski definition) is 4. The fraction of sp³-hybridized carbons (Fsp3) is 0.571. The first kappa shape index (κ1) is 15.0. The molecule has 0 radical (unpaired) electrons. The van der Waals surface area contributed by atoms with E-state index in [-0.39, 0.29) is 12.6 Å². The summed E-state index contributed by atoms with van der Waals surface area (Å²) >= 11 is 0. The molecular formula is C14H24N2O2. The summed E-state index contributed by atoms with van der Waals surface area (Å²) in [7, 11) is 1.66. The number of ether oxygens (including phenoxy) is 1. The van der Waals surface area contributed by atoms with Gasteiger partial charge in [-0.05, 0) is 31.5 Å². The van der Waals surface area contributed by atoms with Gasteiger partial charge in [0.05, 0.1) is 13.7 Å². The van der Waals surface area contributed by atoms with Gasteiger partial charge in [-0.25, -0.2) is 0 Å². The minimum atomic E-state index is 0.104. The summed E-state index contributed by atoms with van der Waals surface area (Å²) in [5, 5.41) is 9.17. The van der Waals surface area contributed by atoms with Gasteiger partial charge in [0.25, 0.3) is 0 Å². The van der Waals surface area contributed by atoms with Crippen LogP contribution in [-0.4, -0.2) is 42.9 Å². The van der Waals surface area contributed by atoms with Gasteiger partial charge in [0.2, 0.25) is 0 Å². The lowest BCUT2D eigenvalue weighted by Crippen LogP contribution is -2.40. The Labute approximate surface area is 109 Å². The molecule has 1 atom stereocenters. The second-order valence-corrected chi connectivity index (χ2v) is 4.58. The van der Waals surface area contributed by atoms with Crippen LogP contribution >= 0.6 is 0 Å². The Morgan fingerprint density at radius 3 is 2.61 bits per heavy atom. The predicted molar refractivity (Wildman–Crippen MR) is 73.7 cm³/mol. The van der Waals surface area contributed by atoms with Crippen molar-refractivity contribution in [3.05, 3.63) is 29.8 Å².